The Bertz CT molecular complexity index is 3890. The van der Waals surface area contributed by atoms with Gasteiger partial charge in [0.25, 0.3) is 0 Å². The van der Waals surface area contributed by atoms with E-state index in [1.165, 1.54) is 27.2 Å². The molecule has 302 valence electrons. The van der Waals surface area contributed by atoms with Crippen LogP contribution in [0.1, 0.15) is 0 Å². The lowest BCUT2D eigenvalue weighted by atomic mass is 9.94. The topological polar surface area (TPSA) is 56.5 Å². The molecule has 0 aliphatic carbocycles. The van der Waals surface area contributed by atoms with Crippen LogP contribution in [0.25, 0.3) is 127 Å². The maximum absolute atomic E-state index is 5.39. The zero-order chi connectivity index (χ0) is 42.8. The van der Waals surface area contributed by atoms with Gasteiger partial charge in [-0.2, -0.15) is 0 Å². The van der Waals surface area contributed by atoms with Gasteiger partial charge in [-0.25, -0.2) is 19.9 Å². The Morgan fingerprint density at radius 2 is 0.846 bits per heavy atom. The van der Waals surface area contributed by atoms with Crippen molar-refractivity contribution in [3.05, 3.63) is 224 Å². The molecule has 0 unspecified atom stereocenters. The zero-order valence-corrected chi connectivity index (χ0v) is 35.1. The van der Waals surface area contributed by atoms with Crippen LogP contribution in [0.2, 0.25) is 0 Å². The Morgan fingerprint density at radius 3 is 1.57 bits per heavy atom. The lowest BCUT2D eigenvalue weighted by molar-refractivity contribution is 1.08. The van der Waals surface area contributed by atoms with Crippen LogP contribution >= 0.6 is 0 Å². The van der Waals surface area contributed by atoms with Crippen molar-refractivity contribution in [3.63, 3.8) is 0 Å². The van der Waals surface area contributed by atoms with Crippen molar-refractivity contribution in [1.82, 2.24) is 24.5 Å². The lowest BCUT2D eigenvalue weighted by Crippen LogP contribution is -2.01. The fourth-order valence-electron chi connectivity index (χ4n) is 9.82. The van der Waals surface area contributed by atoms with E-state index < -0.39 is 0 Å². The Labute approximate surface area is 374 Å². The summed E-state index contributed by atoms with van der Waals surface area (Å²) in [6.45, 7) is 0. The number of fused-ring (bicyclic) bond motifs is 9. The standard InChI is InChI=1S/C60H37N5/c1-2-21-44(22-3-1)65-53-30-11-9-26-50(53)56-54(65)36-35-51-55(56)49-25-8-10-29-52(49)61-57(51)43-20-12-19-42(37-43)38-31-33-41(34-32-38)58-62-59(47-27-13-17-39-15-4-6-23-45(39)47)64-60(63-58)48-28-14-18-40-16-5-7-24-46(40)48/h1-37H. The Morgan fingerprint density at radius 1 is 0.292 bits per heavy atom. The molecule has 0 aliphatic heterocycles. The molecule has 0 amide bonds. The fraction of sp³-hybridized carbons (Fsp3) is 0. The molecule has 5 heteroatoms. The average molecular weight is 828 g/mol. The molecule has 0 N–H and O–H groups in total. The van der Waals surface area contributed by atoms with Crippen LogP contribution in [-0.4, -0.2) is 24.5 Å². The van der Waals surface area contributed by atoms with Crippen LogP contribution in [0.15, 0.2) is 224 Å². The van der Waals surface area contributed by atoms with Gasteiger partial charge in [-0.1, -0.05) is 188 Å². The molecule has 10 aromatic carbocycles. The smallest absolute Gasteiger partial charge is 0.164 e. The summed E-state index contributed by atoms with van der Waals surface area (Å²) in [6.07, 6.45) is 0. The van der Waals surface area contributed by atoms with Gasteiger partial charge in [-0.05, 0) is 69.1 Å². The molecule has 13 rings (SSSR count). The minimum Gasteiger partial charge on any atom is -0.309 e. The van der Waals surface area contributed by atoms with Crippen LogP contribution in [0, 0.1) is 0 Å². The van der Waals surface area contributed by atoms with Crippen LogP contribution in [-0.2, 0) is 0 Å². The van der Waals surface area contributed by atoms with E-state index in [0.29, 0.717) is 17.5 Å². The molecule has 3 aromatic heterocycles. The first-order valence-electron chi connectivity index (χ1n) is 22.0. The molecule has 0 spiro atoms. The molecule has 0 radical (unpaired) electrons. The third kappa shape index (κ3) is 6.09. The highest BCUT2D eigenvalue weighted by atomic mass is 15.0. The first kappa shape index (κ1) is 36.8. The van der Waals surface area contributed by atoms with Crippen molar-refractivity contribution in [2.24, 2.45) is 0 Å². The second kappa shape index (κ2) is 14.9. The lowest BCUT2D eigenvalue weighted by Gasteiger charge is -2.14. The normalized spacial score (nSPS) is 11.7. The molecule has 5 nitrogen and oxygen atoms in total. The highest BCUT2D eigenvalue weighted by Gasteiger charge is 2.20. The van der Waals surface area contributed by atoms with Crippen molar-refractivity contribution in [2.45, 2.75) is 0 Å². The summed E-state index contributed by atoms with van der Waals surface area (Å²) >= 11 is 0. The van der Waals surface area contributed by atoms with Gasteiger partial charge < -0.3 is 4.57 Å². The maximum atomic E-state index is 5.39. The molecule has 0 fully saturated rings. The summed E-state index contributed by atoms with van der Waals surface area (Å²) in [7, 11) is 0. The Balaban J connectivity index is 0.941. The highest BCUT2D eigenvalue weighted by molar-refractivity contribution is 6.29. The third-order valence-electron chi connectivity index (χ3n) is 12.8. The van der Waals surface area contributed by atoms with Gasteiger partial charge in [0.1, 0.15) is 0 Å². The van der Waals surface area contributed by atoms with Crippen molar-refractivity contribution >= 4 is 65.0 Å². The van der Waals surface area contributed by atoms with E-state index >= 15 is 0 Å². The van der Waals surface area contributed by atoms with Gasteiger partial charge in [0.05, 0.1) is 22.2 Å². The number of nitrogens with zero attached hydrogens (tertiary/aromatic N) is 5. The SMILES string of the molecule is c1ccc(-n2c3ccccc3c3c4c(ccc32)c(-c2cccc(-c3ccc(-c5nc(-c6cccc7ccccc67)nc(-c6cccc7ccccc67)n5)cc3)c2)nc2ccccc24)cc1. The number of benzene rings is 10. The molecular weight excluding hydrogens is 791 g/mol. The summed E-state index contributed by atoms with van der Waals surface area (Å²) < 4.78 is 2.38. The molecule has 13 aromatic rings. The molecule has 0 saturated heterocycles. The highest BCUT2D eigenvalue weighted by Crippen LogP contribution is 2.43. The van der Waals surface area contributed by atoms with Crippen LogP contribution in [0.5, 0.6) is 0 Å². The van der Waals surface area contributed by atoms with Crippen LogP contribution in [0.4, 0.5) is 0 Å². The fourth-order valence-corrected chi connectivity index (χ4v) is 9.82. The number of rotatable bonds is 6. The van der Waals surface area contributed by atoms with E-state index in [9.17, 15) is 0 Å². The Kier molecular flexibility index (Phi) is 8.46. The summed E-state index contributed by atoms with van der Waals surface area (Å²) in [5.41, 5.74) is 11.5. The van der Waals surface area contributed by atoms with E-state index in [-0.39, 0.29) is 0 Å². The summed E-state index contributed by atoms with van der Waals surface area (Å²) in [6, 6.07) is 79.2. The van der Waals surface area contributed by atoms with Crippen LogP contribution in [0.3, 0.4) is 0 Å². The van der Waals surface area contributed by atoms with Gasteiger partial charge in [0, 0.05) is 54.9 Å². The number of aromatic nitrogens is 5. The van der Waals surface area contributed by atoms with E-state index in [0.717, 1.165) is 82.6 Å². The average Bonchev–Trinajstić information content (AvgIpc) is 3.73. The Hall–Kier alpha value is -8.80. The summed E-state index contributed by atoms with van der Waals surface area (Å²) in [5.74, 6) is 1.91. The van der Waals surface area contributed by atoms with Gasteiger partial charge in [-0.3, -0.25) is 0 Å². The first-order valence-corrected chi connectivity index (χ1v) is 22.0. The molecule has 0 aliphatic rings. The quantitative estimate of drug-likeness (QED) is 0.157. The van der Waals surface area contributed by atoms with E-state index in [1.807, 2.05) is 0 Å². The number of pyridine rings is 1. The molecule has 0 saturated carbocycles. The summed E-state index contributed by atoms with van der Waals surface area (Å²) in [5, 5.41) is 10.4. The first-order chi connectivity index (χ1) is 32.2. The molecule has 3 heterocycles. The van der Waals surface area contributed by atoms with E-state index in [1.54, 1.807) is 0 Å². The monoisotopic (exact) mass is 827 g/mol. The zero-order valence-electron chi connectivity index (χ0n) is 35.1. The summed E-state index contributed by atoms with van der Waals surface area (Å²) in [4.78, 5) is 20.9. The van der Waals surface area contributed by atoms with Crippen LogP contribution < -0.4 is 0 Å². The number of para-hydroxylation sites is 3. The predicted molar refractivity (Wildman–Crippen MR) is 269 cm³/mol. The van der Waals surface area contributed by atoms with E-state index in [2.05, 4.69) is 229 Å². The predicted octanol–water partition coefficient (Wildman–Crippen LogP) is 15.3. The number of hydrogen-bond donors (Lipinski definition) is 0. The van der Waals surface area contributed by atoms with Gasteiger partial charge in [0.2, 0.25) is 0 Å². The maximum Gasteiger partial charge on any atom is 0.164 e. The molecule has 65 heavy (non-hydrogen) atoms. The van der Waals surface area contributed by atoms with Crippen molar-refractivity contribution in [3.8, 4) is 62.2 Å². The molecular formula is C60H37N5. The second-order valence-electron chi connectivity index (χ2n) is 16.6. The van der Waals surface area contributed by atoms with E-state index in [4.69, 9.17) is 19.9 Å². The largest absolute Gasteiger partial charge is 0.309 e. The minimum absolute atomic E-state index is 0.623. The number of hydrogen-bond acceptors (Lipinski definition) is 4. The third-order valence-corrected chi connectivity index (χ3v) is 12.8. The second-order valence-corrected chi connectivity index (χ2v) is 16.6. The molecule has 0 atom stereocenters. The molecule has 0 bridgehead atoms. The minimum atomic E-state index is 0.623. The van der Waals surface area contributed by atoms with Crippen molar-refractivity contribution in [2.75, 3.05) is 0 Å². The van der Waals surface area contributed by atoms with Gasteiger partial charge in [-0.15, -0.1) is 0 Å². The van der Waals surface area contributed by atoms with Gasteiger partial charge >= 0.3 is 0 Å². The van der Waals surface area contributed by atoms with Gasteiger partial charge in [0.15, 0.2) is 17.5 Å². The van der Waals surface area contributed by atoms with Crippen molar-refractivity contribution in [1.29, 1.82) is 0 Å². The van der Waals surface area contributed by atoms with Crippen molar-refractivity contribution < 1.29 is 0 Å².